The number of halogens is 3. The maximum atomic E-state index is 14.4. The zero-order valence-electron chi connectivity index (χ0n) is 16.9. The molecule has 5 nitrogen and oxygen atoms in total. The topological polar surface area (TPSA) is 64.4 Å². The molecule has 0 unspecified atom stereocenters. The first-order valence-corrected chi connectivity index (χ1v) is 10.3. The molecule has 1 amide bonds. The normalized spacial score (nSPS) is 15.6. The molecule has 3 aromatic rings. The Balaban J connectivity index is 1.63. The third-order valence-electron chi connectivity index (χ3n) is 5.78. The van der Waals surface area contributed by atoms with Crippen molar-refractivity contribution in [1.29, 1.82) is 0 Å². The van der Waals surface area contributed by atoms with E-state index in [2.05, 4.69) is 10.5 Å². The Morgan fingerprint density at radius 2 is 1.87 bits per heavy atom. The van der Waals surface area contributed by atoms with E-state index in [-0.39, 0.29) is 33.4 Å². The maximum Gasteiger partial charge on any atom is 0.257 e. The highest BCUT2D eigenvalue weighted by molar-refractivity contribution is 6.33. The van der Waals surface area contributed by atoms with E-state index in [4.69, 9.17) is 20.9 Å². The molecule has 2 heterocycles. The van der Waals surface area contributed by atoms with Crippen LogP contribution in [0, 0.1) is 18.6 Å². The molecule has 0 saturated carbocycles. The van der Waals surface area contributed by atoms with Gasteiger partial charge in [-0.25, -0.2) is 8.78 Å². The average molecular weight is 447 g/mol. The Kier molecular flexibility index (Phi) is 6.07. The van der Waals surface area contributed by atoms with Crippen LogP contribution in [0.5, 0.6) is 0 Å². The second-order valence-electron chi connectivity index (χ2n) is 7.64. The smallest absolute Gasteiger partial charge is 0.257 e. The summed E-state index contributed by atoms with van der Waals surface area (Å²) < 4.78 is 38.6. The third-order valence-corrected chi connectivity index (χ3v) is 6.10. The number of carbonyl (C=O) groups is 1. The SMILES string of the molecule is Cc1onc(-c2c(F)cccc2Cl)c1C(=O)NCC1(c2ccc(F)cc2)CCOCC1. The number of amides is 1. The molecule has 1 fully saturated rings. The predicted molar refractivity (Wildman–Crippen MR) is 112 cm³/mol. The number of nitrogens with zero attached hydrogens (tertiary/aromatic N) is 1. The third kappa shape index (κ3) is 4.20. The Hall–Kier alpha value is -2.77. The maximum absolute atomic E-state index is 14.4. The molecule has 0 bridgehead atoms. The van der Waals surface area contributed by atoms with Crippen molar-refractivity contribution in [3.8, 4) is 11.3 Å². The van der Waals surface area contributed by atoms with Gasteiger partial charge in [0.25, 0.3) is 5.91 Å². The number of rotatable bonds is 5. The van der Waals surface area contributed by atoms with Crippen LogP contribution >= 0.6 is 11.6 Å². The van der Waals surface area contributed by atoms with Gasteiger partial charge >= 0.3 is 0 Å². The van der Waals surface area contributed by atoms with Crippen LogP contribution in [0.3, 0.4) is 0 Å². The highest BCUT2D eigenvalue weighted by Crippen LogP contribution is 2.36. The van der Waals surface area contributed by atoms with Crippen LogP contribution in [0.2, 0.25) is 5.02 Å². The summed E-state index contributed by atoms with van der Waals surface area (Å²) in [5.41, 5.74) is 0.735. The fourth-order valence-electron chi connectivity index (χ4n) is 4.01. The minimum absolute atomic E-state index is 0.0190. The standard InChI is InChI=1S/C23H21ClF2N2O3/c1-14-19(21(28-31-14)20-17(24)3-2-4-18(20)26)22(29)27-13-23(9-11-30-12-10-23)15-5-7-16(25)8-6-15/h2-8H,9-13H2,1H3,(H,27,29). The molecule has 1 aliphatic rings. The molecular formula is C23H21ClF2N2O3. The van der Waals surface area contributed by atoms with Crippen molar-refractivity contribution in [2.75, 3.05) is 19.8 Å². The molecule has 0 aliphatic carbocycles. The molecule has 8 heteroatoms. The van der Waals surface area contributed by atoms with E-state index in [9.17, 15) is 13.6 Å². The van der Waals surface area contributed by atoms with E-state index in [1.54, 1.807) is 19.1 Å². The summed E-state index contributed by atoms with van der Waals surface area (Å²) >= 11 is 6.17. The molecule has 0 radical (unpaired) electrons. The van der Waals surface area contributed by atoms with Crippen LogP contribution < -0.4 is 5.32 Å². The monoisotopic (exact) mass is 446 g/mol. The van der Waals surface area contributed by atoms with Crippen LogP contribution in [0.15, 0.2) is 47.0 Å². The summed E-state index contributed by atoms with van der Waals surface area (Å²) in [5.74, 6) is -1.10. The van der Waals surface area contributed by atoms with E-state index < -0.39 is 17.1 Å². The largest absolute Gasteiger partial charge is 0.381 e. The highest BCUT2D eigenvalue weighted by Gasteiger charge is 2.36. The number of aromatic nitrogens is 1. The van der Waals surface area contributed by atoms with Crippen molar-refractivity contribution in [3.05, 3.63) is 76.0 Å². The molecule has 1 N–H and O–H groups in total. The lowest BCUT2D eigenvalue weighted by Gasteiger charge is -2.38. The molecule has 0 spiro atoms. The lowest BCUT2D eigenvalue weighted by molar-refractivity contribution is 0.0487. The number of nitrogens with one attached hydrogen (secondary N) is 1. The van der Waals surface area contributed by atoms with Gasteiger partial charge in [0.2, 0.25) is 0 Å². The fourth-order valence-corrected chi connectivity index (χ4v) is 4.26. The Labute approximate surface area is 183 Å². The summed E-state index contributed by atoms with van der Waals surface area (Å²) in [4.78, 5) is 13.1. The molecule has 4 rings (SSSR count). The van der Waals surface area contributed by atoms with Gasteiger partial charge in [0.1, 0.15) is 28.7 Å². The van der Waals surface area contributed by atoms with E-state index in [1.165, 1.54) is 30.3 Å². The molecule has 1 aliphatic heterocycles. The molecule has 0 atom stereocenters. The lowest BCUT2D eigenvalue weighted by Crippen LogP contribution is -2.44. The summed E-state index contributed by atoms with van der Waals surface area (Å²) in [7, 11) is 0. The molecule has 2 aromatic carbocycles. The minimum Gasteiger partial charge on any atom is -0.381 e. The van der Waals surface area contributed by atoms with E-state index in [0.29, 0.717) is 32.6 Å². The summed E-state index contributed by atoms with van der Waals surface area (Å²) in [6, 6.07) is 10.6. The number of hydrogen-bond donors (Lipinski definition) is 1. The zero-order chi connectivity index (χ0) is 22.0. The van der Waals surface area contributed by atoms with Crippen LogP contribution in [0.25, 0.3) is 11.3 Å². The summed E-state index contributed by atoms with van der Waals surface area (Å²) in [5, 5.41) is 6.97. The zero-order valence-corrected chi connectivity index (χ0v) is 17.6. The molecular weight excluding hydrogens is 426 g/mol. The number of benzene rings is 2. The fraction of sp³-hybridized carbons (Fsp3) is 0.304. The van der Waals surface area contributed by atoms with Crippen LogP contribution in [0.4, 0.5) is 8.78 Å². The van der Waals surface area contributed by atoms with Gasteiger partial charge in [-0.15, -0.1) is 0 Å². The van der Waals surface area contributed by atoms with Gasteiger partial charge in [0.05, 0.1) is 10.6 Å². The summed E-state index contributed by atoms with van der Waals surface area (Å²) in [6.45, 7) is 2.96. The molecule has 1 aromatic heterocycles. The van der Waals surface area contributed by atoms with Crippen LogP contribution in [0.1, 0.15) is 34.5 Å². The van der Waals surface area contributed by atoms with E-state index in [1.807, 2.05) is 0 Å². The van der Waals surface area contributed by atoms with Gasteiger partial charge in [0.15, 0.2) is 0 Å². The first-order chi connectivity index (χ1) is 14.9. The first-order valence-electron chi connectivity index (χ1n) is 9.94. The number of carbonyl (C=O) groups excluding carboxylic acids is 1. The van der Waals surface area contributed by atoms with Crippen molar-refractivity contribution < 1.29 is 22.8 Å². The predicted octanol–water partition coefficient (Wildman–Crippen LogP) is 5.06. The Bertz CT molecular complexity index is 1070. The van der Waals surface area contributed by atoms with Gasteiger partial charge in [-0.1, -0.05) is 35.0 Å². The Morgan fingerprint density at radius 3 is 2.55 bits per heavy atom. The van der Waals surface area contributed by atoms with Crippen molar-refractivity contribution in [2.24, 2.45) is 0 Å². The second kappa shape index (κ2) is 8.77. The van der Waals surface area contributed by atoms with Gasteiger partial charge < -0.3 is 14.6 Å². The first kappa shape index (κ1) is 21.5. The van der Waals surface area contributed by atoms with Gasteiger partial charge in [-0.3, -0.25) is 4.79 Å². The molecule has 1 saturated heterocycles. The average Bonchev–Trinajstić information content (AvgIpc) is 3.14. The van der Waals surface area contributed by atoms with Crippen LogP contribution in [-0.4, -0.2) is 30.8 Å². The van der Waals surface area contributed by atoms with Crippen molar-refractivity contribution in [3.63, 3.8) is 0 Å². The van der Waals surface area contributed by atoms with Gasteiger partial charge in [-0.05, 0) is 49.6 Å². The number of ether oxygens (including phenoxy) is 1. The quantitative estimate of drug-likeness (QED) is 0.595. The highest BCUT2D eigenvalue weighted by atomic mass is 35.5. The Morgan fingerprint density at radius 1 is 1.16 bits per heavy atom. The molecule has 162 valence electrons. The van der Waals surface area contributed by atoms with Gasteiger partial charge in [-0.2, -0.15) is 0 Å². The second-order valence-corrected chi connectivity index (χ2v) is 8.05. The molecule has 31 heavy (non-hydrogen) atoms. The van der Waals surface area contributed by atoms with Crippen molar-refractivity contribution >= 4 is 17.5 Å². The van der Waals surface area contributed by atoms with Crippen LogP contribution in [-0.2, 0) is 10.2 Å². The summed E-state index contributed by atoms with van der Waals surface area (Å²) in [6.07, 6.45) is 1.35. The van der Waals surface area contributed by atoms with E-state index >= 15 is 0 Å². The van der Waals surface area contributed by atoms with Crippen molar-refractivity contribution in [1.82, 2.24) is 10.5 Å². The van der Waals surface area contributed by atoms with Gasteiger partial charge in [0, 0.05) is 25.2 Å². The number of aryl methyl sites for hydroxylation is 1. The van der Waals surface area contributed by atoms with Crippen molar-refractivity contribution in [2.45, 2.75) is 25.2 Å². The number of hydrogen-bond acceptors (Lipinski definition) is 4. The lowest BCUT2D eigenvalue weighted by atomic mass is 9.74. The minimum atomic E-state index is -0.595. The van der Waals surface area contributed by atoms with E-state index in [0.717, 1.165) is 5.56 Å².